The van der Waals surface area contributed by atoms with Crippen LogP contribution in [-0.2, 0) is 16.1 Å². The maximum absolute atomic E-state index is 13.0. The zero-order chi connectivity index (χ0) is 28.0. The SMILES string of the molecule is CC(C)(C)OC(=O)N1CC(NC(=O)/C=C/c2ccccc2OCc2cccc(Br)c2)CC1c1ccc(Br)cc1. The van der Waals surface area contributed by atoms with Gasteiger partial charge in [0.15, 0.2) is 0 Å². The number of para-hydroxylation sites is 1. The van der Waals surface area contributed by atoms with Crippen molar-refractivity contribution in [1.29, 1.82) is 0 Å². The zero-order valence-electron chi connectivity index (χ0n) is 22.2. The number of ether oxygens (including phenoxy) is 2. The van der Waals surface area contributed by atoms with Crippen LogP contribution in [0.4, 0.5) is 4.79 Å². The minimum Gasteiger partial charge on any atom is -0.488 e. The Morgan fingerprint density at radius 1 is 1.00 bits per heavy atom. The number of amides is 2. The molecule has 2 amide bonds. The Hall–Kier alpha value is -3.10. The van der Waals surface area contributed by atoms with Gasteiger partial charge < -0.3 is 14.8 Å². The number of carbonyl (C=O) groups excluding carboxylic acids is 2. The second kappa shape index (κ2) is 12.8. The van der Waals surface area contributed by atoms with Crippen molar-refractivity contribution in [3.8, 4) is 5.75 Å². The summed E-state index contributed by atoms with van der Waals surface area (Å²) in [6.07, 6.45) is 3.45. The van der Waals surface area contributed by atoms with Crippen LogP contribution in [0.3, 0.4) is 0 Å². The van der Waals surface area contributed by atoms with Crippen LogP contribution >= 0.6 is 31.9 Å². The maximum Gasteiger partial charge on any atom is 0.410 e. The van der Waals surface area contributed by atoms with E-state index < -0.39 is 5.60 Å². The van der Waals surface area contributed by atoms with Crippen LogP contribution in [0.25, 0.3) is 6.08 Å². The van der Waals surface area contributed by atoms with Gasteiger partial charge in [0.25, 0.3) is 0 Å². The van der Waals surface area contributed by atoms with E-state index in [-0.39, 0.29) is 24.1 Å². The number of rotatable bonds is 7. The fourth-order valence-corrected chi connectivity index (χ4v) is 5.13. The molecule has 4 rings (SSSR count). The lowest BCUT2D eigenvalue weighted by Crippen LogP contribution is -2.40. The van der Waals surface area contributed by atoms with Crippen LogP contribution in [0.2, 0.25) is 0 Å². The van der Waals surface area contributed by atoms with Crippen LogP contribution in [0.5, 0.6) is 5.75 Å². The number of carbonyl (C=O) groups is 2. The molecule has 0 bridgehead atoms. The largest absolute Gasteiger partial charge is 0.488 e. The standard InChI is InChI=1S/C31H32Br2N2O4/c1-31(2,3)39-30(37)35-19-26(18-27(35)22-11-14-24(32)15-12-22)34-29(36)16-13-23-8-4-5-10-28(23)38-20-21-7-6-9-25(33)17-21/h4-17,26-27H,18-20H2,1-3H3,(H,34,36)/b16-13+. The molecule has 0 spiro atoms. The van der Waals surface area contributed by atoms with Gasteiger partial charge in [-0.05, 0) is 74.7 Å². The van der Waals surface area contributed by atoms with Crippen molar-refractivity contribution in [3.05, 3.63) is 105 Å². The van der Waals surface area contributed by atoms with E-state index >= 15 is 0 Å². The van der Waals surface area contributed by atoms with Crippen LogP contribution in [0.15, 0.2) is 87.8 Å². The van der Waals surface area contributed by atoms with Crippen molar-refractivity contribution in [1.82, 2.24) is 10.2 Å². The Morgan fingerprint density at radius 3 is 2.46 bits per heavy atom. The molecule has 1 N–H and O–H groups in total. The van der Waals surface area contributed by atoms with Gasteiger partial charge >= 0.3 is 6.09 Å². The molecule has 8 heteroatoms. The molecule has 0 radical (unpaired) electrons. The molecule has 2 atom stereocenters. The molecule has 3 aromatic rings. The van der Waals surface area contributed by atoms with E-state index in [0.29, 0.717) is 25.3 Å². The van der Waals surface area contributed by atoms with Gasteiger partial charge in [-0.25, -0.2) is 4.79 Å². The van der Waals surface area contributed by atoms with Crippen molar-refractivity contribution in [2.45, 2.75) is 51.5 Å². The summed E-state index contributed by atoms with van der Waals surface area (Å²) >= 11 is 6.95. The van der Waals surface area contributed by atoms with Gasteiger partial charge in [0.05, 0.1) is 6.04 Å². The van der Waals surface area contributed by atoms with Gasteiger partial charge in [-0.3, -0.25) is 9.69 Å². The van der Waals surface area contributed by atoms with Crippen molar-refractivity contribution >= 4 is 49.9 Å². The first-order valence-corrected chi connectivity index (χ1v) is 14.4. The second-order valence-corrected chi connectivity index (χ2v) is 12.3. The summed E-state index contributed by atoms with van der Waals surface area (Å²) < 4.78 is 13.7. The average Bonchev–Trinajstić information content (AvgIpc) is 3.30. The number of hydrogen-bond acceptors (Lipinski definition) is 4. The summed E-state index contributed by atoms with van der Waals surface area (Å²) in [7, 11) is 0. The summed E-state index contributed by atoms with van der Waals surface area (Å²) in [4.78, 5) is 27.6. The molecular formula is C31H32Br2N2O4. The number of nitrogens with one attached hydrogen (secondary N) is 1. The predicted molar refractivity (Wildman–Crippen MR) is 160 cm³/mol. The molecule has 1 aliphatic heterocycles. The predicted octanol–water partition coefficient (Wildman–Crippen LogP) is 7.67. The van der Waals surface area contributed by atoms with Crippen LogP contribution in [0, 0.1) is 0 Å². The van der Waals surface area contributed by atoms with E-state index in [1.165, 1.54) is 6.08 Å². The van der Waals surface area contributed by atoms with Gasteiger partial charge in [-0.15, -0.1) is 0 Å². The molecule has 1 heterocycles. The van der Waals surface area contributed by atoms with Crippen LogP contribution in [-0.4, -0.2) is 35.1 Å². The highest BCUT2D eigenvalue weighted by Gasteiger charge is 2.38. The minimum atomic E-state index is -0.613. The van der Waals surface area contributed by atoms with E-state index in [1.807, 2.05) is 93.6 Å². The summed E-state index contributed by atoms with van der Waals surface area (Å²) in [6.45, 7) is 6.32. The first-order chi connectivity index (χ1) is 18.6. The number of benzene rings is 3. The van der Waals surface area contributed by atoms with Gasteiger partial charge in [0.2, 0.25) is 5.91 Å². The minimum absolute atomic E-state index is 0.200. The Morgan fingerprint density at radius 2 is 1.74 bits per heavy atom. The monoisotopic (exact) mass is 654 g/mol. The van der Waals surface area contributed by atoms with Crippen molar-refractivity contribution < 1.29 is 19.1 Å². The van der Waals surface area contributed by atoms with Crippen LogP contribution < -0.4 is 10.1 Å². The fourth-order valence-electron chi connectivity index (χ4n) is 4.42. The van der Waals surface area contributed by atoms with Gasteiger partial charge in [0, 0.05) is 33.2 Å². The third-order valence-corrected chi connectivity index (χ3v) is 7.17. The van der Waals surface area contributed by atoms with E-state index in [2.05, 4.69) is 37.2 Å². The molecule has 39 heavy (non-hydrogen) atoms. The van der Waals surface area contributed by atoms with Gasteiger partial charge in [-0.2, -0.15) is 0 Å². The Bertz CT molecular complexity index is 1330. The van der Waals surface area contributed by atoms with Crippen molar-refractivity contribution in [2.24, 2.45) is 0 Å². The summed E-state index contributed by atoms with van der Waals surface area (Å²) in [6, 6.07) is 23.0. The van der Waals surface area contributed by atoms with Crippen molar-refractivity contribution in [3.63, 3.8) is 0 Å². The van der Waals surface area contributed by atoms with Gasteiger partial charge in [0.1, 0.15) is 18.0 Å². The van der Waals surface area contributed by atoms with Crippen molar-refractivity contribution in [2.75, 3.05) is 6.54 Å². The van der Waals surface area contributed by atoms with E-state index in [4.69, 9.17) is 9.47 Å². The summed E-state index contributed by atoms with van der Waals surface area (Å²) in [5.74, 6) is 0.455. The quantitative estimate of drug-likeness (QED) is 0.265. The normalized spacial score (nSPS) is 17.3. The lowest BCUT2D eigenvalue weighted by Gasteiger charge is -2.28. The first kappa shape index (κ1) is 28.9. The molecule has 1 saturated heterocycles. The molecule has 0 aromatic heterocycles. The summed E-state index contributed by atoms with van der Waals surface area (Å²) in [5.41, 5.74) is 2.22. The highest BCUT2D eigenvalue weighted by Crippen LogP contribution is 2.34. The molecule has 0 aliphatic carbocycles. The fraction of sp³-hybridized carbons (Fsp3) is 0.290. The Labute approximate surface area is 246 Å². The lowest BCUT2D eigenvalue weighted by molar-refractivity contribution is -0.117. The number of hydrogen-bond donors (Lipinski definition) is 1. The molecule has 2 unspecified atom stereocenters. The second-order valence-electron chi connectivity index (χ2n) is 10.4. The molecule has 6 nitrogen and oxygen atoms in total. The van der Waals surface area contributed by atoms with E-state index in [9.17, 15) is 9.59 Å². The molecule has 1 aliphatic rings. The lowest BCUT2D eigenvalue weighted by atomic mass is 10.0. The van der Waals surface area contributed by atoms with E-state index in [1.54, 1.807) is 11.0 Å². The number of likely N-dealkylation sites (tertiary alicyclic amines) is 1. The topological polar surface area (TPSA) is 67.9 Å². The number of halogens is 2. The maximum atomic E-state index is 13.0. The molecule has 0 saturated carbocycles. The number of nitrogens with zero attached hydrogens (tertiary/aromatic N) is 1. The molecule has 1 fully saturated rings. The highest BCUT2D eigenvalue weighted by atomic mass is 79.9. The molecule has 3 aromatic carbocycles. The van der Waals surface area contributed by atoms with E-state index in [0.717, 1.165) is 25.6 Å². The third-order valence-electron chi connectivity index (χ3n) is 6.15. The Kier molecular flexibility index (Phi) is 9.51. The first-order valence-electron chi connectivity index (χ1n) is 12.8. The smallest absolute Gasteiger partial charge is 0.410 e. The third kappa shape index (κ3) is 8.44. The summed E-state index contributed by atoms with van der Waals surface area (Å²) in [5, 5.41) is 3.06. The van der Waals surface area contributed by atoms with Crippen LogP contribution in [0.1, 0.15) is 49.9 Å². The van der Waals surface area contributed by atoms with Gasteiger partial charge in [-0.1, -0.05) is 74.3 Å². The Balaban J connectivity index is 1.42. The average molecular weight is 656 g/mol. The molecular weight excluding hydrogens is 624 g/mol. The highest BCUT2D eigenvalue weighted by molar-refractivity contribution is 9.10. The zero-order valence-corrected chi connectivity index (χ0v) is 25.4. The molecule has 204 valence electrons.